The number of pyridine rings is 1. The first-order valence-corrected chi connectivity index (χ1v) is 4.49. The maximum atomic E-state index is 11.5. The molecule has 0 unspecified atom stereocenters. The van der Waals surface area contributed by atoms with Crippen molar-refractivity contribution in [2.75, 3.05) is 0 Å². The maximum absolute atomic E-state index is 11.5. The van der Waals surface area contributed by atoms with Crippen LogP contribution in [0.15, 0.2) is 10.9 Å². The Kier molecular flexibility index (Phi) is 4.88. The molecule has 0 saturated heterocycles. The summed E-state index contributed by atoms with van der Waals surface area (Å²) >= 11 is 0. The fraction of sp³-hybridized carbons (Fsp3) is 0.500. The number of nitrogens with two attached hydrogens (primary N) is 1. The SMILES string of the molecule is Cc1cc(C(C)C)c(CN)c(=O)[nH]1.Cl. The molecule has 0 amide bonds. The lowest BCUT2D eigenvalue weighted by atomic mass is 9.98. The van der Waals surface area contributed by atoms with Crippen LogP contribution in [0.3, 0.4) is 0 Å². The summed E-state index contributed by atoms with van der Waals surface area (Å²) in [4.78, 5) is 14.2. The van der Waals surface area contributed by atoms with Crippen LogP contribution in [0.1, 0.15) is 36.6 Å². The molecule has 0 saturated carbocycles. The Morgan fingerprint density at radius 1 is 1.50 bits per heavy atom. The molecular formula is C10H17ClN2O. The van der Waals surface area contributed by atoms with E-state index in [4.69, 9.17) is 5.73 Å². The van der Waals surface area contributed by atoms with Gasteiger partial charge in [0.25, 0.3) is 5.56 Å². The Balaban J connectivity index is 0.00000169. The Hall–Kier alpha value is -0.800. The van der Waals surface area contributed by atoms with E-state index < -0.39 is 0 Å². The predicted molar refractivity (Wildman–Crippen MR) is 61.0 cm³/mol. The Bertz CT molecular complexity index is 358. The van der Waals surface area contributed by atoms with E-state index in [1.54, 1.807) is 0 Å². The Morgan fingerprint density at radius 2 is 2.07 bits per heavy atom. The number of hydrogen-bond acceptors (Lipinski definition) is 2. The van der Waals surface area contributed by atoms with E-state index in [9.17, 15) is 4.79 Å². The molecule has 1 rings (SSSR count). The normalized spacial score (nSPS) is 10.1. The van der Waals surface area contributed by atoms with Gasteiger partial charge in [0.05, 0.1) is 0 Å². The summed E-state index contributed by atoms with van der Waals surface area (Å²) in [5.41, 5.74) is 8.13. The Morgan fingerprint density at radius 3 is 2.50 bits per heavy atom. The van der Waals surface area contributed by atoms with Gasteiger partial charge in [0, 0.05) is 17.8 Å². The number of rotatable bonds is 2. The first kappa shape index (κ1) is 13.2. The third-order valence-corrected chi connectivity index (χ3v) is 2.13. The van der Waals surface area contributed by atoms with Gasteiger partial charge in [-0.15, -0.1) is 12.4 Å². The average Bonchev–Trinajstić information content (AvgIpc) is 2.02. The minimum absolute atomic E-state index is 0. The van der Waals surface area contributed by atoms with Crippen LogP contribution in [-0.2, 0) is 6.54 Å². The van der Waals surface area contributed by atoms with Crippen LogP contribution in [-0.4, -0.2) is 4.98 Å². The molecule has 0 aliphatic heterocycles. The molecule has 0 radical (unpaired) electrons. The van der Waals surface area contributed by atoms with Crippen LogP contribution in [0, 0.1) is 6.92 Å². The lowest BCUT2D eigenvalue weighted by molar-refractivity contribution is 0.820. The standard InChI is InChI=1S/C10H16N2O.ClH/c1-6(2)8-4-7(3)12-10(13)9(8)5-11;/h4,6H,5,11H2,1-3H3,(H,12,13);1H. The third-order valence-electron chi connectivity index (χ3n) is 2.13. The molecule has 3 N–H and O–H groups in total. The Labute approximate surface area is 90.1 Å². The number of halogens is 1. The molecule has 4 heteroatoms. The van der Waals surface area contributed by atoms with Crippen molar-refractivity contribution < 1.29 is 0 Å². The number of aromatic amines is 1. The molecule has 0 atom stereocenters. The van der Waals surface area contributed by atoms with Crippen molar-refractivity contribution in [2.45, 2.75) is 33.2 Å². The molecule has 1 aromatic rings. The highest BCUT2D eigenvalue weighted by Crippen LogP contribution is 2.16. The van der Waals surface area contributed by atoms with Gasteiger partial charge in [0.2, 0.25) is 0 Å². The molecule has 0 aromatic carbocycles. The maximum Gasteiger partial charge on any atom is 0.252 e. The highest BCUT2D eigenvalue weighted by molar-refractivity contribution is 5.85. The smallest absolute Gasteiger partial charge is 0.252 e. The topological polar surface area (TPSA) is 58.9 Å². The van der Waals surface area contributed by atoms with E-state index in [2.05, 4.69) is 18.8 Å². The first-order valence-electron chi connectivity index (χ1n) is 4.49. The minimum atomic E-state index is -0.0498. The quantitative estimate of drug-likeness (QED) is 0.791. The summed E-state index contributed by atoms with van der Waals surface area (Å²) in [7, 11) is 0. The van der Waals surface area contributed by atoms with Crippen LogP contribution < -0.4 is 11.3 Å². The van der Waals surface area contributed by atoms with Gasteiger partial charge in [0.15, 0.2) is 0 Å². The molecule has 0 aliphatic carbocycles. The van der Waals surface area contributed by atoms with Gasteiger partial charge >= 0.3 is 0 Å². The van der Waals surface area contributed by atoms with Gasteiger partial charge in [0.1, 0.15) is 0 Å². The molecule has 0 aliphatic rings. The zero-order chi connectivity index (χ0) is 10.0. The van der Waals surface area contributed by atoms with E-state index in [0.29, 0.717) is 18.0 Å². The summed E-state index contributed by atoms with van der Waals surface area (Å²) in [6.45, 7) is 6.32. The van der Waals surface area contributed by atoms with Crippen LogP contribution in [0.5, 0.6) is 0 Å². The number of hydrogen-bond donors (Lipinski definition) is 2. The van der Waals surface area contributed by atoms with Crippen molar-refractivity contribution in [3.8, 4) is 0 Å². The van der Waals surface area contributed by atoms with E-state index in [-0.39, 0.29) is 18.0 Å². The van der Waals surface area contributed by atoms with E-state index in [1.165, 1.54) is 0 Å². The molecule has 0 spiro atoms. The van der Waals surface area contributed by atoms with Gasteiger partial charge in [-0.05, 0) is 24.5 Å². The summed E-state index contributed by atoms with van der Waals surface area (Å²) in [6, 6.07) is 1.99. The summed E-state index contributed by atoms with van der Waals surface area (Å²) in [5.74, 6) is 0.347. The summed E-state index contributed by atoms with van der Waals surface area (Å²) in [5, 5.41) is 0. The van der Waals surface area contributed by atoms with Gasteiger partial charge in [-0.25, -0.2) is 0 Å². The van der Waals surface area contributed by atoms with Gasteiger partial charge < -0.3 is 10.7 Å². The van der Waals surface area contributed by atoms with Gasteiger partial charge in [-0.2, -0.15) is 0 Å². The van der Waals surface area contributed by atoms with Crippen molar-refractivity contribution in [3.63, 3.8) is 0 Å². The van der Waals surface area contributed by atoms with Gasteiger partial charge in [-0.1, -0.05) is 13.8 Å². The monoisotopic (exact) mass is 216 g/mol. The number of nitrogens with one attached hydrogen (secondary N) is 1. The first-order chi connectivity index (χ1) is 6.06. The summed E-state index contributed by atoms with van der Waals surface area (Å²) in [6.07, 6.45) is 0. The highest BCUT2D eigenvalue weighted by atomic mass is 35.5. The number of aryl methyl sites for hydroxylation is 1. The molecule has 0 fully saturated rings. The molecule has 14 heavy (non-hydrogen) atoms. The highest BCUT2D eigenvalue weighted by Gasteiger charge is 2.09. The predicted octanol–water partition coefficient (Wildman–Crippen LogP) is 1.69. The van der Waals surface area contributed by atoms with Crippen molar-refractivity contribution in [3.05, 3.63) is 33.2 Å². The second kappa shape index (κ2) is 5.17. The third kappa shape index (κ3) is 2.59. The van der Waals surface area contributed by atoms with Crippen molar-refractivity contribution in [1.29, 1.82) is 0 Å². The zero-order valence-corrected chi connectivity index (χ0v) is 9.57. The molecule has 3 nitrogen and oxygen atoms in total. The molecule has 1 aromatic heterocycles. The molecule has 80 valence electrons. The lowest BCUT2D eigenvalue weighted by Gasteiger charge is -2.10. The largest absolute Gasteiger partial charge is 0.326 e. The van der Waals surface area contributed by atoms with E-state index in [1.807, 2.05) is 13.0 Å². The zero-order valence-electron chi connectivity index (χ0n) is 8.76. The summed E-state index contributed by atoms with van der Waals surface area (Å²) < 4.78 is 0. The van der Waals surface area contributed by atoms with E-state index >= 15 is 0 Å². The lowest BCUT2D eigenvalue weighted by Crippen LogP contribution is -2.20. The number of aromatic nitrogens is 1. The van der Waals surface area contributed by atoms with Crippen molar-refractivity contribution >= 4 is 12.4 Å². The fourth-order valence-electron chi connectivity index (χ4n) is 1.47. The minimum Gasteiger partial charge on any atom is -0.326 e. The van der Waals surface area contributed by atoms with Crippen LogP contribution in [0.2, 0.25) is 0 Å². The second-order valence-electron chi connectivity index (χ2n) is 3.57. The molecule has 1 heterocycles. The second-order valence-corrected chi connectivity index (χ2v) is 3.57. The average molecular weight is 217 g/mol. The van der Waals surface area contributed by atoms with Gasteiger partial charge in [-0.3, -0.25) is 4.79 Å². The fourth-order valence-corrected chi connectivity index (χ4v) is 1.47. The van der Waals surface area contributed by atoms with E-state index in [0.717, 1.165) is 11.3 Å². The number of H-pyrrole nitrogens is 1. The molecule has 0 bridgehead atoms. The van der Waals surface area contributed by atoms with Crippen LogP contribution >= 0.6 is 12.4 Å². The van der Waals surface area contributed by atoms with Crippen molar-refractivity contribution in [1.82, 2.24) is 4.98 Å². The van der Waals surface area contributed by atoms with Crippen LogP contribution in [0.4, 0.5) is 0 Å². The molecular weight excluding hydrogens is 200 g/mol. The van der Waals surface area contributed by atoms with Crippen LogP contribution in [0.25, 0.3) is 0 Å². The van der Waals surface area contributed by atoms with Crippen molar-refractivity contribution in [2.24, 2.45) is 5.73 Å².